The number of aryl methyl sites for hydroxylation is 1. The van der Waals surface area contributed by atoms with Gasteiger partial charge in [-0.3, -0.25) is 0 Å². The molecule has 1 aromatic rings. The molecule has 0 aliphatic heterocycles. The molecule has 0 atom stereocenters. The van der Waals surface area contributed by atoms with E-state index in [9.17, 15) is 0 Å². The van der Waals surface area contributed by atoms with Gasteiger partial charge in [0, 0.05) is 0 Å². The van der Waals surface area contributed by atoms with Crippen LogP contribution in [-0.4, -0.2) is 23.9 Å². The summed E-state index contributed by atoms with van der Waals surface area (Å²) in [4.78, 5) is 0. The van der Waals surface area contributed by atoms with Crippen LogP contribution in [0.2, 0.25) is 0 Å². The molecule has 0 spiro atoms. The molecule has 0 nitrogen and oxygen atoms in total. The third-order valence-electron chi connectivity index (χ3n) is 1.66. The van der Waals surface area contributed by atoms with Gasteiger partial charge < -0.3 is 0 Å². The van der Waals surface area contributed by atoms with Gasteiger partial charge in [0.05, 0.1) is 0 Å². The number of unbranched alkanes of at least 4 members (excludes halogenated alkanes) is 1. The molecule has 0 amide bonds. The Morgan fingerprint density at radius 2 is 1.73 bits per heavy atom. The molecule has 0 bridgehead atoms. The maximum absolute atomic E-state index is 2.23. The van der Waals surface area contributed by atoms with Crippen LogP contribution in [0.3, 0.4) is 0 Å². The van der Waals surface area contributed by atoms with E-state index in [1.807, 2.05) is 0 Å². The topological polar surface area (TPSA) is 0 Å². The summed E-state index contributed by atoms with van der Waals surface area (Å²) < 4.78 is 0. The number of hydrogen-bond acceptors (Lipinski definition) is 0. The van der Waals surface area contributed by atoms with Crippen molar-refractivity contribution < 1.29 is 0 Å². The monoisotopic (exact) mass is 256 g/mol. The van der Waals surface area contributed by atoms with Crippen LogP contribution in [-0.2, 0) is 6.42 Å². The molecular formula is C10H16Sn. The molecule has 0 aliphatic rings. The van der Waals surface area contributed by atoms with E-state index >= 15 is 0 Å². The van der Waals surface area contributed by atoms with Crippen LogP contribution in [0.1, 0.15) is 25.3 Å². The van der Waals surface area contributed by atoms with Crippen molar-refractivity contribution in [2.24, 2.45) is 0 Å². The van der Waals surface area contributed by atoms with E-state index in [1.54, 1.807) is 0 Å². The second-order valence-corrected chi connectivity index (χ2v) is 2.59. The van der Waals surface area contributed by atoms with Gasteiger partial charge in [0.25, 0.3) is 0 Å². The minimum absolute atomic E-state index is 0. The summed E-state index contributed by atoms with van der Waals surface area (Å²) in [6, 6.07) is 10.6. The van der Waals surface area contributed by atoms with Crippen molar-refractivity contribution in [2.75, 3.05) is 0 Å². The van der Waals surface area contributed by atoms with E-state index in [0.29, 0.717) is 0 Å². The zero-order valence-electron chi connectivity index (χ0n) is 7.22. The Labute approximate surface area is 86.0 Å². The van der Waals surface area contributed by atoms with E-state index in [-0.39, 0.29) is 23.9 Å². The SMILES string of the molecule is CCCCc1ccccc1.[SnH2]. The van der Waals surface area contributed by atoms with Crippen LogP contribution in [0, 0.1) is 0 Å². The van der Waals surface area contributed by atoms with Crippen molar-refractivity contribution in [3.63, 3.8) is 0 Å². The van der Waals surface area contributed by atoms with Crippen molar-refractivity contribution >= 4 is 23.9 Å². The van der Waals surface area contributed by atoms with Gasteiger partial charge in [-0.2, -0.15) is 0 Å². The molecule has 0 aromatic heterocycles. The first-order valence-corrected chi connectivity index (χ1v) is 3.97. The van der Waals surface area contributed by atoms with Crippen LogP contribution >= 0.6 is 0 Å². The Kier molecular flexibility index (Phi) is 6.72. The molecule has 0 saturated heterocycles. The standard InChI is InChI=1S/C10H14.Sn.2H/c1-2-3-7-10-8-5-4-6-9-10;;;/h4-6,8-9H,2-3,7H2,1H3;;;. The van der Waals surface area contributed by atoms with Gasteiger partial charge in [0.1, 0.15) is 0 Å². The van der Waals surface area contributed by atoms with Crippen LogP contribution < -0.4 is 0 Å². The first kappa shape index (κ1) is 11.0. The normalized spacial score (nSPS) is 8.82. The van der Waals surface area contributed by atoms with Crippen molar-refractivity contribution in [1.82, 2.24) is 0 Å². The summed E-state index contributed by atoms with van der Waals surface area (Å²) in [5.41, 5.74) is 1.46. The summed E-state index contributed by atoms with van der Waals surface area (Å²) in [7, 11) is 0. The predicted molar refractivity (Wildman–Crippen MR) is 53.6 cm³/mol. The number of rotatable bonds is 3. The number of hydrogen-bond donors (Lipinski definition) is 0. The van der Waals surface area contributed by atoms with E-state index in [2.05, 4.69) is 37.3 Å². The second-order valence-electron chi connectivity index (χ2n) is 2.59. The Balaban J connectivity index is 0.000001000. The molecule has 1 rings (SSSR count). The van der Waals surface area contributed by atoms with Gasteiger partial charge in [-0.05, 0) is 18.4 Å². The molecule has 0 unspecified atom stereocenters. The second kappa shape index (κ2) is 6.71. The molecular weight excluding hydrogens is 239 g/mol. The fraction of sp³-hybridized carbons (Fsp3) is 0.400. The quantitative estimate of drug-likeness (QED) is 0.725. The molecule has 60 valence electrons. The maximum atomic E-state index is 2.23. The fourth-order valence-electron chi connectivity index (χ4n) is 1.03. The molecule has 0 saturated carbocycles. The van der Waals surface area contributed by atoms with Gasteiger partial charge in [-0.15, -0.1) is 0 Å². The summed E-state index contributed by atoms with van der Waals surface area (Å²) in [6.07, 6.45) is 3.83. The third-order valence-corrected chi connectivity index (χ3v) is 1.66. The number of benzene rings is 1. The van der Waals surface area contributed by atoms with Crippen molar-refractivity contribution in [2.45, 2.75) is 26.2 Å². The van der Waals surface area contributed by atoms with Crippen molar-refractivity contribution in [3.8, 4) is 0 Å². The van der Waals surface area contributed by atoms with Gasteiger partial charge in [0.2, 0.25) is 0 Å². The molecule has 0 aliphatic carbocycles. The molecule has 0 heterocycles. The Morgan fingerprint density at radius 1 is 1.09 bits per heavy atom. The fourth-order valence-corrected chi connectivity index (χ4v) is 1.03. The first-order valence-electron chi connectivity index (χ1n) is 3.97. The minimum atomic E-state index is 0. The molecule has 0 fully saturated rings. The molecule has 1 aromatic carbocycles. The van der Waals surface area contributed by atoms with Crippen molar-refractivity contribution in [3.05, 3.63) is 35.9 Å². The van der Waals surface area contributed by atoms with E-state index < -0.39 is 0 Å². The van der Waals surface area contributed by atoms with Crippen LogP contribution in [0.25, 0.3) is 0 Å². The summed E-state index contributed by atoms with van der Waals surface area (Å²) in [6.45, 7) is 2.23. The van der Waals surface area contributed by atoms with Gasteiger partial charge in [-0.25, -0.2) is 0 Å². The molecule has 0 N–H and O–H groups in total. The Hall–Kier alpha value is 0.0187. The first-order chi connectivity index (χ1) is 4.93. The van der Waals surface area contributed by atoms with Gasteiger partial charge in [-0.1, -0.05) is 43.7 Å². The molecule has 2 radical (unpaired) electrons. The zero-order chi connectivity index (χ0) is 7.23. The Morgan fingerprint density at radius 3 is 2.27 bits per heavy atom. The molecule has 1 heteroatoms. The third kappa shape index (κ3) is 4.46. The average Bonchev–Trinajstić information content (AvgIpc) is 2.03. The molecule has 11 heavy (non-hydrogen) atoms. The Bertz CT molecular complexity index is 169. The average molecular weight is 255 g/mol. The van der Waals surface area contributed by atoms with Crippen LogP contribution in [0.5, 0.6) is 0 Å². The van der Waals surface area contributed by atoms with E-state index in [0.717, 1.165) is 0 Å². The van der Waals surface area contributed by atoms with E-state index in [1.165, 1.54) is 24.8 Å². The zero-order valence-corrected chi connectivity index (χ0v) is 11.3. The van der Waals surface area contributed by atoms with Gasteiger partial charge in [0.15, 0.2) is 0 Å². The summed E-state index contributed by atoms with van der Waals surface area (Å²) in [5.74, 6) is 0. The van der Waals surface area contributed by atoms with Crippen molar-refractivity contribution in [1.29, 1.82) is 0 Å². The summed E-state index contributed by atoms with van der Waals surface area (Å²) in [5, 5.41) is 0. The van der Waals surface area contributed by atoms with Gasteiger partial charge >= 0.3 is 23.9 Å². The summed E-state index contributed by atoms with van der Waals surface area (Å²) >= 11 is 0. The predicted octanol–water partition coefficient (Wildman–Crippen LogP) is 2.11. The van der Waals surface area contributed by atoms with Crippen LogP contribution in [0.15, 0.2) is 30.3 Å². The van der Waals surface area contributed by atoms with E-state index in [4.69, 9.17) is 0 Å². The van der Waals surface area contributed by atoms with Crippen LogP contribution in [0.4, 0.5) is 0 Å².